The average Bonchev–Trinajstić information content (AvgIpc) is 3.31. The highest BCUT2D eigenvalue weighted by Gasteiger charge is 2.13. The molecule has 0 saturated heterocycles. The quantitative estimate of drug-likeness (QED) is 0.166. The van der Waals surface area contributed by atoms with Crippen LogP contribution in [-0.2, 0) is 32.6 Å². The minimum absolute atomic E-state index is 0.157. The van der Waals surface area contributed by atoms with E-state index >= 15 is 0 Å². The number of hydrogen-bond acceptors (Lipinski definition) is 10. The molecule has 0 aliphatic carbocycles. The molecule has 2 aromatic carbocycles. The molecule has 0 radical (unpaired) electrons. The molecular weight excluding hydrogens is 496 g/mol. The smallest absolute Gasteiger partial charge is 0.294 e. The van der Waals surface area contributed by atoms with Crippen molar-refractivity contribution in [3.63, 3.8) is 0 Å². The molecule has 0 aliphatic heterocycles. The fourth-order valence-corrected chi connectivity index (χ4v) is 6.45. The lowest BCUT2D eigenvalue weighted by atomic mass is 10.3. The van der Waals surface area contributed by atoms with Gasteiger partial charge in [0.2, 0.25) is 9.60 Å². The van der Waals surface area contributed by atoms with Crippen molar-refractivity contribution < 1.29 is 27.6 Å². The molecule has 0 fully saturated rings. The van der Waals surface area contributed by atoms with Gasteiger partial charge >= 0.3 is 0 Å². The molecule has 0 saturated carbocycles. The van der Waals surface area contributed by atoms with Crippen LogP contribution in [0.5, 0.6) is 0 Å². The maximum atomic E-state index is 11.5. The molecule has 2 aromatic heterocycles. The average molecular weight is 515 g/mol. The van der Waals surface area contributed by atoms with Gasteiger partial charge in [-0.3, -0.25) is 4.55 Å². The second-order valence-corrected chi connectivity index (χ2v) is 10.6. The SMILES string of the molecule is CCn1/c(=N\N=c2\sc3cc(S(=O)(=O)O)ccc3n2CC)sc2cc(SOOO)ccc21. The van der Waals surface area contributed by atoms with Gasteiger partial charge in [-0.15, -0.1) is 14.5 Å². The van der Waals surface area contributed by atoms with E-state index in [1.807, 2.05) is 41.2 Å². The van der Waals surface area contributed by atoms with Crippen molar-refractivity contribution in [2.45, 2.75) is 36.7 Å². The lowest BCUT2D eigenvalue weighted by Crippen LogP contribution is -2.16. The number of thiazole rings is 2. The summed E-state index contributed by atoms with van der Waals surface area (Å²) in [5.74, 6) is 0. The molecule has 170 valence electrons. The van der Waals surface area contributed by atoms with Gasteiger partial charge < -0.3 is 9.13 Å². The Balaban J connectivity index is 1.85. The van der Waals surface area contributed by atoms with E-state index in [2.05, 4.69) is 19.6 Å². The van der Waals surface area contributed by atoms with Gasteiger partial charge in [0.25, 0.3) is 10.1 Å². The molecule has 10 nitrogen and oxygen atoms in total. The van der Waals surface area contributed by atoms with E-state index in [9.17, 15) is 13.0 Å². The van der Waals surface area contributed by atoms with Crippen LogP contribution in [0.4, 0.5) is 0 Å². The molecule has 0 unspecified atom stereocenters. The highest BCUT2D eigenvalue weighted by Crippen LogP contribution is 2.26. The lowest BCUT2D eigenvalue weighted by molar-refractivity contribution is -0.432. The second kappa shape index (κ2) is 9.44. The van der Waals surface area contributed by atoms with Crippen molar-refractivity contribution >= 4 is 65.3 Å². The predicted molar refractivity (Wildman–Crippen MR) is 123 cm³/mol. The molecule has 0 spiro atoms. The Morgan fingerprint density at radius 3 is 2.06 bits per heavy atom. The number of benzene rings is 2. The van der Waals surface area contributed by atoms with Gasteiger partial charge in [0.1, 0.15) is 0 Å². The number of rotatable bonds is 7. The lowest BCUT2D eigenvalue weighted by Gasteiger charge is -2.01. The van der Waals surface area contributed by atoms with Crippen LogP contribution >= 0.6 is 34.7 Å². The van der Waals surface area contributed by atoms with E-state index in [1.54, 1.807) is 6.07 Å². The van der Waals surface area contributed by atoms with Gasteiger partial charge in [-0.1, -0.05) is 27.7 Å². The van der Waals surface area contributed by atoms with Gasteiger partial charge in [-0.2, -0.15) is 8.42 Å². The first-order valence-electron chi connectivity index (χ1n) is 9.32. The summed E-state index contributed by atoms with van der Waals surface area (Å²) in [7, 11) is -4.28. The Hall–Kier alpha value is -2.04. The summed E-state index contributed by atoms with van der Waals surface area (Å²) < 4.78 is 42.4. The van der Waals surface area contributed by atoms with E-state index in [4.69, 9.17) is 5.26 Å². The number of fused-ring (bicyclic) bond motifs is 2. The standard InChI is InChI=1S/C18H18N4O6S4/c1-3-21-13-7-5-11(31-28-27-23)9-15(13)29-17(21)19-20-18-22(4-2)14-8-6-12(32(24,25)26)10-16(14)30-18/h5-10,23H,3-4H2,1-2H3,(H,24,25,26)/b19-17+,20-18+. The van der Waals surface area contributed by atoms with Crippen LogP contribution in [0.1, 0.15) is 13.8 Å². The third-order valence-corrected chi connectivity index (χ3v) is 8.11. The monoisotopic (exact) mass is 514 g/mol. The third kappa shape index (κ3) is 4.53. The minimum atomic E-state index is -4.28. The summed E-state index contributed by atoms with van der Waals surface area (Å²) in [6, 6.07) is 10.1. The Kier molecular flexibility index (Phi) is 6.83. The van der Waals surface area contributed by atoms with Gasteiger partial charge in [0.05, 0.1) is 37.4 Å². The van der Waals surface area contributed by atoms with Crippen LogP contribution in [0.3, 0.4) is 0 Å². The van der Waals surface area contributed by atoms with E-state index < -0.39 is 10.1 Å². The van der Waals surface area contributed by atoms with Crippen LogP contribution in [0.25, 0.3) is 20.4 Å². The first-order chi connectivity index (χ1) is 15.4. The summed E-state index contributed by atoms with van der Waals surface area (Å²) >= 11 is 3.64. The third-order valence-electron chi connectivity index (χ3n) is 4.62. The fourth-order valence-electron chi connectivity index (χ4n) is 3.22. The van der Waals surface area contributed by atoms with E-state index in [1.165, 1.54) is 34.8 Å². The Bertz CT molecular complexity index is 1530. The second-order valence-electron chi connectivity index (χ2n) is 6.42. The molecule has 32 heavy (non-hydrogen) atoms. The van der Waals surface area contributed by atoms with Gasteiger partial charge in [0.15, 0.2) is 0 Å². The zero-order valence-corrected chi connectivity index (χ0v) is 20.1. The van der Waals surface area contributed by atoms with E-state index in [0.29, 0.717) is 27.4 Å². The molecule has 2 heterocycles. The van der Waals surface area contributed by atoms with E-state index in [0.717, 1.165) is 32.7 Å². The molecule has 0 amide bonds. The molecule has 0 bridgehead atoms. The van der Waals surface area contributed by atoms with Crippen molar-refractivity contribution in [2.75, 3.05) is 0 Å². The normalized spacial score (nSPS) is 13.6. The summed E-state index contributed by atoms with van der Waals surface area (Å²) in [6.07, 6.45) is 0. The molecule has 2 N–H and O–H groups in total. The highest BCUT2D eigenvalue weighted by molar-refractivity contribution is 7.94. The molecule has 0 atom stereocenters. The first-order valence-corrected chi connectivity index (χ1v) is 13.1. The minimum Gasteiger partial charge on any atom is -0.315 e. The molecule has 0 aliphatic rings. The zero-order valence-electron chi connectivity index (χ0n) is 16.8. The Labute approximate surface area is 194 Å². The van der Waals surface area contributed by atoms with Gasteiger partial charge in [-0.25, -0.2) is 5.26 Å². The van der Waals surface area contributed by atoms with Crippen molar-refractivity contribution in [3.05, 3.63) is 46.0 Å². The summed E-state index contributed by atoms with van der Waals surface area (Å²) in [6.45, 7) is 5.28. The summed E-state index contributed by atoms with van der Waals surface area (Å²) in [5.41, 5.74) is 1.80. The molecule has 14 heteroatoms. The maximum absolute atomic E-state index is 11.5. The largest absolute Gasteiger partial charge is 0.315 e. The number of aryl methyl sites for hydroxylation is 2. The van der Waals surface area contributed by atoms with Crippen molar-refractivity contribution in [1.29, 1.82) is 0 Å². The van der Waals surface area contributed by atoms with Gasteiger partial charge in [0, 0.05) is 18.0 Å². The zero-order chi connectivity index (χ0) is 22.9. The van der Waals surface area contributed by atoms with Crippen LogP contribution in [0, 0.1) is 0 Å². The van der Waals surface area contributed by atoms with Crippen molar-refractivity contribution in [1.82, 2.24) is 9.13 Å². The van der Waals surface area contributed by atoms with Gasteiger partial charge in [-0.05, 0) is 50.2 Å². The number of aromatic nitrogens is 2. The maximum Gasteiger partial charge on any atom is 0.294 e. The summed E-state index contributed by atoms with van der Waals surface area (Å²) in [4.78, 5) is 1.90. The number of nitrogens with zero attached hydrogens (tertiary/aromatic N) is 4. The van der Waals surface area contributed by atoms with Crippen LogP contribution < -0.4 is 9.60 Å². The Morgan fingerprint density at radius 2 is 1.53 bits per heavy atom. The Morgan fingerprint density at radius 1 is 0.969 bits per heavy atom. The van der Waals surface area contributed by atoms with E-state index in [-0.39, 0.29) is 4.90 Å². The predicted octanol–water partition coefficient (Wildman–Crippen LogP) is 3.85. The van der Waals surface area contributed by atoms with Crippen LogP contribution in [-0.4, -0.2) is 27.4 Å². The van der Waals surface area contributed by atoms with Crippen LogP contribution in [0.15, 0.2) is 56.4 Å². The molecular formula is C18H18N4O6S4. The van der Waals surface area contributed by atoms with Crippen molar-refractivity contribution in [2.24, 2.45) is 10.2 Å². The fraction of sp³-hybridized carbons (Fsp3) is 0.222. The number of hydrogen-bond donors (Lipinski definition) is 2. The molecule has 4 rings (SSSR count). The topological polar surface area (TPSA) is 128 Å². The molecule has 4 aromatic rings. The van der Waals surface area contributed by atoms with Crippen LogP contribution in [0.2, 0.25) is 0 Å². The summed E-state index contributed by atoms with van der Waals surface area (Å²) in [5, 5.41) is 20.9. The first kappa shape index (κ1) is 23.1. The van der Waals surface area contributed by atoms with Crippen molar-refractivity contribution in [3.8, 4) is 0 Å². The highest BCUT2D eigenvalue weighted by atomic mass is 32.2.